The van der Waals surface area contributed by atoms with Crippen LogP contribution in [0.25, 0.3) is 0 Å². The normalized spacial score (nSPS) is 33.3. The molecule has 2 aliphatic rings. The van der Waals surface area contributed by atoms with Crippen LogP contribution in [0.5, 0.6) is 0 Å². The number of hydrogen-bond acceptors (Lipinski definition) is 2. The summed E-state index contributed by atoms with van der Waals surface area (Å²) in [6.45, 7) is 0.985. The molecule has 11 heavy (non-hydrogen) atoms. The molecule has 2 heterocycles. The van der Waals surface area contributed by atoms with Crippen LogP contribution in [0.15, 0.2) is 0 Å². The first-order valence-electron chi connectivity index (χ1n) is 3.83. The van der Waals surface area contributed by atoms with Crippen molar-refractivity contribution in [3.63, 3.8) is 0 Å². The van der Waals surface area contributed by atoms with E-state index >= 15 is 0 Å². The molecule has 4 heteroatoms. The fourth-order valence-electron chi connectivity index (χ4n) is 1.65. The van der Waals surface area contributed by atoms with Crippen molar-refractivity contribution in [3.8, 4) is 0 Å². The highest BCUT2D eigenvalue weighted by atomic mass is 19.3. The Morgan fingerprint density at radius 1 is 1.27 bits per heavy atom. The summed E-state index contributed by atoms with van der Waals surface area (Å²) < 4.78 is 31.2. The minimum atomic E-state index is -2.57. The predicted octanol–water partition coefficient (Wildman–Crippen LogP) is 0.632. The zero-order valence-electron chi connectivity index (χ0n) is 6.20. The van der Waals surface area contributed by atoms with Crippen LogP contribution in [0.1, 0.15) is 6.42 Å². The van der Waals surface area contributed by atoms with Crippen LogP contribution in [-0.4, -0.2) is 32.2 Å². The molecule has 0 atom stereocenters. The lowest BCUT2D eigenvalue weighted by molar-refractivity contribution is -0.252. The molecule has 0 bridgehead atoms. The molecule has 0 saturated carbocycles. The van der Waals surface area contributed by atoms with E-state index in [9.17, 15) is 8.78 Å². The van der Waals surface area contributed by atoms with E-state index in [1.807, 2.05) is 0 Å². The highest BCUT2D eigenvalue weighted by molar-refractivity contribution is 5.01. The monoisotopic (exact) mass is 163 g/mol. The number of rotatable bonds is 0. The Bertz CT molecular complexity index is 168. The van der Waals surface area contributed by atoms with Crippen molar-refractivity contribution in [3.05, 3.63) is 0 Å². The lowest BCUT2D eigenvalue weighted by Crippen LogP contribution is -2.63. The third-order valence-corrected chi connectivity index (χ3v) is 2.66. The average molecular weight is 163 g/mol. The van der Waals surface area contributed by atoms with E-state index in [2.05, 4.69) is 5.32 Å². The molecule has 1 N–H and O–H groups in total. The Morgan fingerprint density at radius 2 is 2.00 bits per heavy atom. The second-order valence-electron chi connectivity index (χ2n) is 3.40. The van der Waals surface area contributed by atoms with Crippen LogP contribution < -0.4 is 5.32 Å². The third-order valence-electron chi connectivity index (χ3n) is 2.66. The van der Waals surface area contributed by atoms with Crippen molar-refractivity contribution >= 4 is 0 Å². The Labute approximate surface area is 63.9 Å². The van der Waals surface area contributed by atoms with Crippen molar-refractivity contribution in [1.82, 2.24) is 5.32 Å². The predicted molar refractivity (Wildman–Crippen MR) is 35.7 cm³/mol. The molecule has 2 aliphatic heterocycles. The van der Waals surface area contributed by atoms with Crippen LogP contribution in [-0.2, 0) is 4.74 Å². The van der Waals surface area contributed by atoms with Crippen molar-refractivity contribution in [1.29, 1.82) is 0 Å². The van der Waals surface area contributed by atoms with Gasteiger partial charge in [-0.15, -0.1) is 0 Å². The first-order valence-corrected chi connectivity index (χ1v) is 3.83. The van der Waals surface area contributed by atoms with Gasteiger partial charge in [-0.25, -0.2) is 8.78 Å². The molecule has 2 rings (SSSR count). The van der Waals surface area contributed by atoms with Crippen LogP contribution in [0.4, 0.5) is 8.78 Å². The largest absolute Gasteiger partial charge is 0.380 e. The zero-order valence-corrected chi connectivity index (χ0v) is 6.20. The number of alkyl halides is 2. The van der Waals surface area contributed by atoms with E-state index in [-0.39, 0.29) is 19.8 Å². The third kappa shape index (κ3) is 0.891. The fraction of sp³-hybridized carbons (Fsp3) is 1.00. The summed E-state index contributed by atoms with van der Waals surface area (Å²) in [5, 5.41) is 2.69. The molecule has 0 unspecified atom stereocenters. The van der Waals surface area contributed by atoms with Gasteiger partial charge in [0.15, 0.2) is 0 Å². The summed E-state index contributed by atoms with van der Waals surface area (Å²) in [5.41, 5.74) is -0.821. The maximum Gasteiger partial charge on any atom is 0.270 e. The van der Waals surface area contributed by atoms with Gasteiger partial charge in [0, 0.05) is 0 Å². The first kappa shape index (κ1) is 7.43. The first-order chi connectivity index (χ1) is 5.16. The maximum atomic E-state index is 13.2. The number of ether oxygens (including phenoxy) is 1. The summed E-state index contributed by atoms with van der Waals surface area (Å²) in [6.07, 6.45) is 0.542. The van der Waals surface area contributed by atoms with Crippen LogP contribution in [0, 0.1) is 5.41 Å². The average Bonchev–Trinajstić information content (AvgIpc) is 1.83. The standard InChI is InChI=1S/C7H11F2NO/c8-7(9)3-10-2-1-6(7)4-11-5-6/h10H,1-5H2. The number of halogens is 2. The van der Waals surface area contributed by atoms with Gasteiger partial charge in [-0.05, 0) is 13.0 Å². The molecule has 2 fully saturated rings. The molecule has 0 aliphatic carbocycles. The minimum absolute atomic E-state index is 0.184. The van der Waals surface area contributed by atoms with Crippen molar-refractivity contribution in [2.75, 3.05) is 26.3 Å². The summed E-state index contributed by atoms with van der Waals surface area (Å²) >= 11 is 0. The summed E-state index contributed by atoms with van der Waals surface area (Å²) in [5.74, 6) is -2.57. The molecule has 1 spiro atoms. The fourth-order valence-corrected chi connectivity index (χ4v) is 1.65. The quantitative estimate of drug-likeness (QED) is 0.565. The Balaban J connectivity index is 2.15. The van der Waals surface area contributed by atoms with Crippen LogP contribution in [0.3, 0.4) is 0 Å². The minimum Gasteiger partial charge on any atom is -0.380 e. The van der Waals surface area contributed by atoms with Gasteiger partial charge in [0.05, 0.1) is 25.2 Å². The zero-order chi connectivity index (χ0) is 7.95. The van der Waals surface area contributed by atoms with Crippen LogP contribution in [0.2, 0.25) is 0 Å². The Morgan fingerprint density at radius 3 is 2.36 bits per heavy atom. The Kier molecular flexibility index (Phi) is 1.44. The molecule has 0 aromatic carbocycles. The van der Waals surface area contributed by atoms with E-state index in [0.29, 0.717) is 13.0 Å². The van der Waals surface area contributed by atoms with Crippen molar-refractivity contribution in [2.45, 2.75) is 12.3 Å². The van der Waals surface area contributed by atoms with E-state index in [1.54, 1.807) is 0 Å². The van der Waals surface area contributed by atoms with Gasteiger partial charge >= 0.3 is 0 Å². The van der Waals surface area contributed by atoms with Crippen molar-refractivity contribution < 1.29 is 13.5 Å². The molecular weight excluding hydrogens is 152 g/mol. The molecule has 0 aromatic rings. The Hall–Kier alpha value is -0.220. The van der Waals surface area contributed by atoms with E-state index in [0.717, 1.165) is 0 Å². The van der Waals surface area contributed by atoms with Gasteiger partial charge in [0.1, 0.15) is 0 Å². The second kappa shape index (κ2) is 2.14. The highest BCUT2D eigenvalue weighted by Gasteiger charge is 2.59. The van der Waals surface area contributed by atoms with Gasteiger partial charge in [-0.1, -0.05) is 0 Å². The van der Waals surface area contributed by atoms with Crippen molar-refractivity contribution in [2.24, 2.45) is 5.41 Å². The summed E-state index contributed by atoms with van der Waals surface area (Å²) in [7, 11) is 0. The van der Waals surface area contributed by atoms with Gasteiger partial charge in [0.2, 0.25) is 0 Å². The molecule has 2 nitrogen and oxygen atoms in total. The summed E-state index contributed by atoms with van der Waals surface area (Å²) in [6, 6.07) is 0. The van der Waals surface area contributed by atoms with Crippen LogP contribution >= 0.6 is 0 Å². The SMILES string of the molecule is FC1(F)CNCCC12COC2. The van der Waals surface area contributed by atoms with Gasteiger partial charge in [0.25, 0.3) is 5.92 Å². The highest BCUT2D eigenvalue weighted by Crippen LogP contribution is 2.46. The van der Waals surface area contributed by atoms with Gasteiger partial charge < -0.3 is 10.1 Å². The lowest BCUT2D eigenvalue weighted by atomic mass is 9.74. The molecule has 0 aromatic heterocycles. The lowest BCUT2D eigenvalue weighted by Gasteiger charge is -2.49. The smallest absolute Gasteiger partial charge is 0.270 e. The second-order valence-corrected chi connectivity index (χ2v) is 3.40. The molecular formula is C7H11F2NO. The molecule has 0 radical (unpaired) electrons. The number of nitrogens with one attached hydrogen (secondary N) is 1. The number of hydrogen-bond donors (Lipinski definition) is 1. The van der Waals surface area contributed by atoms with E-state index in [1.165, 1.54) is 0 Å². The number of piperidine rings is 1. The van der Waals surface area contributed by atoms with Gasteiger partial charge in [-0.3, -0.25) is 0 Å². The summed E-state index contributed by atoms with van der Waals surface area (Å²) in [4.78, 5) is 0. The van der Waals surface area contributed by atoms with Gasteiger partial charge in [-0.2, -0.15) is 0 Å². The molecule has 64 valence electrons. The molecule has 2 saturated heterocycles. The molecule has 0 amide bonds. The van der Waals surface area contributed by atoms with E-state index < -0.39 is 11.3 Å². The maximum absolute atomic E-state index is 13.2. The van der Waals surface area contributed by atoms with E-state index in [4.69, 9.17) is 4.74 Å². The topological polar surface area (TPSA) is 21.3 Å².